The highest BCUT2D eigenvalue weighted by molar-refractivity contribution is 5.73. The number of rotatable bonds is 8. The number of hydrogen-bond donors (Lipinski definition) is 3. The van der Waals surface area contributed by atoms with Crippen molar-refractivity contribution in [3.8, 4) is 0 Å². The first kappa shape index (κ1) is 11.4. The van der Waals surface area contributed by atoms with Gasteiger partial charge in [0, 0.05) is 6.42 Å². The number of carbonyl (C=O) groups is 1. The van der Waals surface area contributed by atoms with Crippen molar-refractivity contribution in [3.05, 3.63) is 0 Å². The third kappa shape index (κ3) is 9.39. The molecule has 0 saturated carbocycles. The van der Waals surface area contributed by atoms with Crippen LogP contribution < -0.4 is 16.8 Å². The van der Waals surface area contributed by atoms with E-state index in [1.165, 1.54) is 0 Å². The van der Waals surface area contributed by atoms with Gasteiger partial charge in [0.1, 0.15) is 0 Å². The van der Waals surface area contributed by atoms with E-state index in [2.05, 4.69) is 5.32 Å². The summed E-state index contributed by atoms with van der Waals surface area (Å²) >= 11 is 0. The van der Waals surface area contributed by atoms with Gasteiger partial charge in [-0.1, -0.05) is 0 Å². The predicted octanol–water partition coefficient (Wildman–Crippen LogP) is -0.420. The summed E-state index contributed by atoms with van der Waals surface area (Å²) in [6, 6.07) is 0. The van der Waals surface area contributed by atoms with E-state index in [4.69, 9.17) is 11.5 Å². The van der Waals surface area contributed by atoms with E-state index in [1.807, 2.05) is 0 Å². The average Bonchev–Trinajstić information content (AvgIpc) is 2.02. The van der Waals surface area contributed by atoms with Gasteiger partial charge < -0.3 is 16.8 Å². The molecule has 1 amide bonds. The molecule has 0 aromatic carbocycles. The summed E-state index contributed by atoms with van der Waals surface area (Å²) < 4.78 is 0. The number of hydrogen-bond acceptors (Lipinski definition) is 3. The lowest BCUT2D eigenvalue weighted by molar-refractivity contribution is -0.118. The predicted molar refractivity (Wildman–Crippen MR) is 49.6 cm³/mol. The summed E-state index contributed by atoms with van der Waals surface area (Å²) in [4.78, 5) is 10.3. The summed E-state index contributed by atoms with van der Waals surface area (Å²) in [6.07, 6.45) is 3.40. The van der Waals surface area contributed by atoms with Gasteiger partial charge in [0.15, 0.2) is 0 Å². The van der Waals surface area contributed by atoms with Gasteiger partial charge in [0.2, 0.25) is 5.91 Å². The maximum absolute atomic E-state index is 10.3. The molecule has 0 unspecified atom stereocenters. The number of primary amides is 1. The molecule has 0 rings (SSSR count). The summed E-state index contributed by atoms with van der Waals surface area (Å²) in [7, 11) is 0. The quantitative estimate of drug-likeness (QED) is 0.436. The number of nitrogens with two attached hydrogens (primary N) is 2. The van der Waals surface area contributed by atoms with Crippen molar-refractivity contribution >= 4 is 5.91 Å². The normalized spacial score (nSPS) is 10.1. The molecule has 0 bridgehead atoms. The van der Waals surface area contributed by atoms with Gasteiger partial charge in [0.25, 0.3) is 0 Å². The van der Waals surface area contributed by atoms with Crippen molar-refractivity contribution in [2.75, 3.05) is 19.6 Å². The maximum atomic E-state index is 10.3. The Hall–Kier alpha value is -0.610. The molecule has 0 aromatic rings. The molecule has 4 nitrogen and oxygen atoms in total. The van der Waals surface area contributed by atoms with Gasteiger partial charge in [-0.05, 0) is 38.9 Å². The molecule has 0 atom stereocenters. The number of amides is 1. The second kappa shape index (κ2) is 8.49. The molecule has 0 aromatic heterocycles. The standard InChI is InChI=1S/C8H19N3O/c9-5-3-7-11-6-2-1-4-8(10)12/h11H,1-7,9H2,(H2,10,12). The maximum Gasteiger partial charge on any atom is 0.217 e. The van der Waals surface area contributed by atoms with Crippen molar-refractivity contribution in [2.24, 2.45) is 11.5 Å². The van der Waals surface area contributed by atoms with Crippen molar-refractivity contribution in [2.45, 2.75) is 25.7 Å². The van der Waals surface area contributed by atoms with Crippen LogP contribution in [0.4, 0.5) is 0 Å². The zero-order chi connectivity index (χ0) is 9.23. The van der Waals surface area contributed by atoms with E-state index >= 15 is 0 Å². The van der Waals surface area contributed by atoms with E-state index in [0.717, 1.165) is 38.9 Å². The summed E-state index contributed by atoms with van der Waals surface area (Å²) in [5, 5.41) is 3.23. The van der Waals surface area contributed by atoms with Crippen molar-refractivity contribution in [1.29, 1.82) is 0 Å². The van der Waals surface area contributed by atoms with Crippen LogP contribution in [0.15, 0.2) is 0 Å². The molecule has 0 heterocycles. The van der Waals surface area contributed by atoms with E-state index in [9.17, 15) is 4.79 Å². The molecular formula is C8H19N3O. The van der Waals surface area contributed by atoms with E-state index < -0.39 is 0 Å². The number of carbonyl (C=O) groups excluding carboxylic acids is 1. The second-order valence-electron chi connectivity index (χ2n) is 2.82. The van der Waals surface area contributed by atoms with Crippen LogP contribution in [0.25, 0.3) is 0 Å². The molecule has 0 radical (unpaired) electrons. The molecule has 0 fully saturated rings. The van der Waals surface area contributed by atoms with Gasteiger partial charge in [-0.2, -0.15) is 0 Å². The molecule has 0 saturated heterocycles. The van der Waals surface area contributed by atoms with Crippen molar-refractivity contribution < 1.29 is 4.79 Å². The van der Waals surface area contributed by atoms with E-state index in [-0.39, 0.29) is 5.91 Å². The Morgan fingerprint density at radius 3 is 2.42 bits per heavy atom. The minimum absolute atomic E-state index is 0.211. The first-order chi connectivity index (χ1) is 5.77. The molecule has 0 spiro atoms. The smallest absolute Gasteiger partial charge is 0.217 e. The van der Waals surface area contributed by atoms with E-state index in [0.29, 0.717) is 6.42 Å². The second-order valence-corrected chi connectivity index (χ2v) is 2.82. The zero-order valence-corrected chi connectivity index (χ0v) is 7.51. The Balaban J connectivity index is 2.86. The van der Waals surface area contributed by atoms with Crippen LogP contribution >= 0.6 is 0 Å². The third-order valence-electron chi connectivity index (χ3n) is 1.58. The van der Waals surface area contributed by atoms with Gasteiger partial charge in [-0.15, -0.1) is 0 Å². The Morgan fingerprint density at radius 2 is 1.83 bits per heavy atom. The monoisotopic (exact) mass is 173 g/mol. The van der Waals surface area contributed by atoms with Crippen LogP contribution in [0.1, 0.15) is 25.7 Å². The Bertz CT molecular complexity index is 117. The highest BCUT2D eigenvalue weighted by Crippen LogP contribution is 1.91. The fraction of sp³-hybridized carbons (Fsp3) is 0.875. The first-order valence-corrected chi connectivity index (χ1v) is 4.46. The van der Waals surface area contributed by atoms with Gasteiger partial charge in [0.05, 0.1) is 0 Å². The van der Waals surface area contributed by atoms with Crippen LogP contribution in [-0.2, 0) is 4.79 Å². The fourth-order valence-electron chi connectivity index (χ4n) is 0.901. The molecule has 0 aliphatic heterocycles. The minimum atomic E-state index is -0.211. The largest absolute Gasteiger partial charge is 0.370 e. The number of nitrogens with one attached hydrogen (secondary N) is 1. The molecule has 0 aliphatic carbocycles. The first-order valence-electron chi connectivity index (χ1n) is 4.46. The lowest BCUT2D eigenvalue weighted by Gasteiger charge is -2.01. The minimum Gasteiger partial charge on any atom is -0.370 e. The van der Waals surface area contributed by atoms with Crippen LogP contribution in [0.3, 0.4) is 0 Å². The molecule has 0 aliphatic rings. The van der Waals surface area contributed by atoms with Crippen LogP contribution in [0, 0.1) is 0 Å². The molecule has 5 N–H and O–H groups in total. The lowest BCUT2D eigenvalue weighted by Crippen LogP contribution is -2.19. The Morgan fingerprint density at radius 1 is 1.17 bits per heavy atom. The summed E-state index contributed by atoms with van der Waals surface area (Å²) in [5.41, 5.74) is 10.3. The van der Waals surface area contributed by atoms with E-state index in [1.54, 1.807) is 0 Å². The lowest BCUT2D eigenvalue weighted by atomic mass is 10.2. The highest BCUT2D eigenvalue weighted by Gasteiger charge is 1.93. The third-order valence-corrected chi connectivity index (χ3v) is 1.58. The molecule has 4 heteroatoms. The highest BCUT2D eigenvalue weighted by atomic mass is 16.1. The summed E-state index contributed by atoms with van der Waals surface area (Å²) in [6.45, 7) is 2.65. The van der Waals surface area contributed by atoms with Crippen LogP contribution in [0.5, 0.6) is 0 Å². The average molecular weight is 173 g/mol. The topological polar surface area (TPSA) is 81.1 Å². The Kier molecular flexibility index (Phi) is 8.05. The summed E-state index contributed by atoms with van der Waals surface area (Å²) in [5.74, 6) is -0.211. The van der Waals surface area contributed by atoms with Gasteiger partial charge >= 0.3 is 0 Å². The van der Waals surface area contributed by atoms with Crippen LogP contribution in [-0.4, -0.2) is 25.5 Å². The number of unbranched alkanes of at least 4 members (excludes halogenated alkanes) is 1. The molecule has 12 heavy (non-hydrogen) atoms. The zero-order valence-electron chi connectivity index (χ0n) is 7.51. The van der Waals surface area contributed by atoms with Crippen molar-refractivity contribution in [3.63, 3.8) is 0 Å². The van der Waals surface area contributed by atoms with Crippen molar-refractivity contribution in [1.82, 2.24) is 5.32 Å². The van der Waals surface area contributed by atoms with Gasteiger partial charge in [-0.3, -0.25) is 4.79 Å². The molecular weight excluding hydrogens is 154 g/mol. The SMILES string of the molecule is NCCCNCCCCC(N)=O. The van der Waals surface area contributed by atoms with Crippen LogP contribution in [0.2, 0.25) is 0 Å². The molecule has 72 valence electrons. The fourth-order valence-corrected chi connectivity index (χ4v) is 0.901. The Labute approximate surface area is 73.7 Å². The van der Waals surface area contributed by atoms with Gasteiger partial charge in [-0.25, -0.2) is 0 Å².